The minimum Gasteiger partial charge on any atom is -0.210 e. The largest absolute Gasteiger partial charge is 0.523 e. The standard InChI is InChI=1S/C39H41F3O3S2/c1-37(2,3)30-22-26-35(27-23-30)47(32-16-10-7-11-17-32,33-18-12-8-13-19-33,34-20-14-9-15-21-34,45-46(43,44)39(40,41)42)36-28-24-31(25-29-36)38(4,5)6/h7-29H,1-6H3. The van der Waals surface area contributed by atoms with Crippen LogP contribution in [-0.2, 0) is 24.6 Å². The van der Waals surface area contributed by atoms with Crippen molar-refractivity contribution in [2.45, 2.75) is 82.4 Å². The van der Waals surface area contributed by atoms with Crippen LogP contribution in [0.5, 0.6) is 0 Å². The first-order valence-electron chi connectivity index (χ1n) is 15.3. The van der Waals surface area contributed by atoms with E-state index in [-0.39, 0.29) is 35.3 Å². The summed E-state index contributed by atoms with van der Waals surface area (Å²) in [5.41, 5.74) is -4.53. The second-order valence-corrected chi connectivity index (χ2v) is 21.0. The van der Waals surface area contributed by atoms with Crippen molar-refractivity contribution in [1.29, 1.82) is 0 Å². The number of hydrogen-bond acceptors (Lipinski definition) is 3. The molecular weight excluding hydrogens is 638 g/mol. The summed E-state index contributed by atoms with van der Waals surface area (Å²) < 4.78 is 79.8. The zero-order chi connectivity index (χ0) is 34.4. The van der Waals surface area contributed by atoms with Crippen molar-refractivity contribution >= 4 is 18.7 Å². The fourth-order valence-electron chi connectivity index (χ4n) is 6.63. The topological polar surface area (TPSA) is 43.4 Å². The molecule has 5 aromatic carbocycles. The van der Waals surface area contributed by atoms with E-state index in [4.69, 9.17) is 3.63 Å². The Morgan fingerprint density at radius 1 is 0.447 bits per heavy atom. The molecule has 0 aliphatic heterocycles. The molecule has 0 aromatic heterocycles. The Bertz CT molecular complexity index is 1810. The second kappa shape index (κ2) is 11.1. The third kappa shape index (κ3) is 4.79. The molecule has 3 nitrogen and oxygen atoms in total. The number of hydrogen-bond donors (Lipinski definition) is 0. The van der Waals surface area contributed by atoms with Gasteiger partial charge < -0.3 is 0 Å². The Balaban J connectivity index is 2.28. The molecule has 0 heterocycles. The molecule has 0 unspecified atom stereocenters. The first-order valence-corrected chi connectivity index (χ1v) is 19.1. The lowest BCUT2D eigenvalue weighted by Gasteiger charge is -2.78. The normalized spacial score (nSPS) is 14.7. The van der Waals surface area contributed by atoms with Gasteiger partial charge >= 0.3 is 15.6 Å². The van der Waals surface area contributed by atoms with Gasteiger partial charge in [-0.2, -0.15) is 21.6 Å². The molecule has 8 heteroatoms. The summed E-state index contributed by atoms with van der Waals surface area (Å²) in [7, 11) is -12.4. The van der Waals surface area contributed by atoms with Crippen molar-refractivity contribution < 1.29 is 25.2 Å². The van der Waals surface area contributed by atoms with Gasteiger partial charge in [0.1, 0.15) is 0 Å². The SMILES string of the molecule is CC(C)(C)c1ccc(S(OS(=O)(=O)C(F)(F)F)(c2ccccc2)(c2ccccc2)(c2ccccc2)c2ccc(C(C)(C)C)cc2)cc1. The fourth-order valence-corrected chi connectivity index (χ4v) is 17.0. The van der Waals surface area contributed by atoms with E-state index in [1.807, 2.05) is 65.8 Å². The minimum atomic E-state index is -6.34. The highest BCUT2D eigenvalue weighted by Crippen LogP contribution is 3.10. The maximum atomic E-state index is 15.0. The van der Waals surface area contributed by atoms with Crippen molar-refractivity contribution in [3.63, 3.8) is 0 Å². The van der Waals surface area contributed by atoms with Crippen molar-refractivity contribution in [1.82, 2.24) is 0 Å². The smallest absolute Gasteiger partial charge is 0.210 e. The van der Waals surface area contributed by atoms with Gasteiger partial charge in [0.25, 0.3) is 0 Å². The van der Waals surface area contributed by atoms with Crippen LogP contribution in [0, 0.1) is 0 Å². The third-order valence-electron chi connectivity index (χ3n) is 9.05. The molecule has 0 radical (unpaired) electrons. The quantitative estimate of drug-likeness (QED) is 0.161. The molecule has 5 rings (SSSR count). The summed E-state index contributed by atoms with van der Waals surface area (Å²) in [5.74, 6) is 0. The molecule has 47 heavy (non-hydrogen) atoms. The van der Waals surface area contributed by atoms with Crippen LogP contribution in [0.4, 0.5) is 13.2 Å². The van der Waals surface area contributed by atoms with Crippen molar-refractivity contribution in [2.75, 3.05) is 0 Å². The first-order chi connectivity index (χ1) is 21.9. The van der Waals surface area contributed by atoms with Gasteiger partial charge in [0.15, 0.2) is 0 Å². The predicted octanol–water partition coefficient (Wildman–Crippen LogP) is 11.5. The highest BCUT2D eigenvalue weighted by molar-refractivity contribution is 8.63. The average molecular weight is 679 g/mol. The maximum absolute atomic E-state index is 15.0. The van der Waals surface area contributed by atoms with Crippen LogP contribution in [0.15, 0.2) is 164 Å². The van der Waals surface area contributed by atoms with E-state index in [1.54, 1.807) is 115 Å². The Hall–Kier alpha value is -3.85. The lowest BCUT2D eigenvalue weighted by molar-refractivity contribution is -0.0499. The first kappa shape index (κ1) is 34.5. The van der Waals surface area contributed by atoms with E-state index < -0.39 is 24.2 Å². The zero-order valence-corrected chi connectivity index (χ0v) is 29.1. The van der Waals surface area contributed by atoms with Gasteiger partial charge in [-0.15, -0.1) is 0 Å². The van der Waals surface area contributed by atoms with E-state index >= 15 is 13.2 Å². The molecule has 0 saturated heterocycles. The van der Waals surface area contributed by atoms with Crippen molar-refractivity contribution in [2.24, 2.45) is 0 Å². The van der Waals surface area contributed by atoms with Gasteiger partial charge in [-0.25, -0.2) is 3.63 Å². The predicted molar refractivity (Wildman–Crippen MR) is 185 cm³/mol. The Morgan fingerprint density at radius 2 is 0.702 bits per heavy atom. The molecule has 0 spiro atoms. The van der Waals surface area contributed by atoms with Crippen LogP contribution in [0.3, 0.4) is 0 Å². The molecule has 0 aliphatic rings. The maximum Gasteiger partial charge on any atom is 0.523 e. The van der Waals surface area contributed by atoms with E-state index in [1.165, 1.54) is 0 Å². The van der Waals surface area contributed by atoms with Gasteiger partial charge in [-0.1, -0.05) is 129 Å². The molecule has 5 aromatic rings. The number of benzene rings is 5. The molecule has 0 fully saturated rings. The molecule has 0 N–H and O–H groups in total. The van der Waals surface area contributed by atoms with Crippen LogP contribution in [-0.4, -0.2) is 13.9 Å². The Labute approximate surface area is 276 Å². The number of alkyl halides is 3. The average Bonchev–Trinajstić information content (AvgIpc) is 3.04. The highest BCUT2D eigenvalue weighted by atomic mass is 32.4. The Morgan fingerprint density at radius 3 is 0.936 bits per heavy atom. The number of rotatable bonds is 7. The molecule has 0 atom stereocenters. The molecule has 0 saturated carbocycles. The molecule has 248 valence electrons. The van der Waals surface area contributed by atoms with Crippen molar-refractivity contribution in [3.8, 4) is 0 Å². The Kier molecular flexibility index (Phi) is 8.15. The van der Waals surface area contributed by atoms with E-state index in [0.717, 1.165) is 11.1 Å². The molecule has 0 bridgehead atoms. The third-order valence-corrected chi connectivity index (χ3v) is 18.7. The van der Waals surface area contributed by atoms with Crippen LogP contribution < -0.4 is 0 Å². The van der Waals surface area contributed by atoms with Gasteiger partial charge in [0, 0.05) is 24.5 Å². The summed E-state index contributed by atoms with van der Waals surface area (Å²) in [6, 6.07) is 40.0. The molecule has 0 aliphatic carbocycles. The lowest BCUT2D eigenvalue weighted by atomic mass is 9.87. The van der Waals surface area contributed by atoms with E-state index in [9.17, 15) is 8.42 Å². The van der Waals surface area contributed by atoms with Gasteiger partial charge in [0.05, 0.1) is 0 Å². The summed E-state index contributed by atoms with van der Waals surface area (Å²) >= 11 is 0. The molecule has 0 amide bonds. The van der Waals surface area contributed by atoms with Gasteiger partial charge in [-0.05, 0) is 82.6 Å². The highest BCUT2D eigenvalue weighted by Gasteiger charge is 2.74. The lowest BCUT2D eigenvalue weighted by Crippen LogP contribution is -2.45. The fraction of sp³-hybridized carbons (Fsp3) is 0.231. The van der Waals surface area contributed by atoms with Gasteiger partial charge in [0.2, 0.25) is 0 Å². The van der Waals surface area contributed by atoms with E-state index in [0.29, 0.717) is 0 Å². The second-order valence-electron chi connectivity index (χ2n) is 13.9. The summed E-state index contributed by atoms with van der Waals surface area (Å²) in [5, 5.41) is 0. The summed E-state index contributed by atoms with van der Waals surface area (Å²) in [4.78, 5) is 1.36. The summed E-state index contributed by atoms with van der Waals surface area (Å²) in [6.07, 6.45) is 0. The minimum absolute atomic E-state index is 0.268. The van der Waals surface area contributed by atoms with Crippen LogP contribution in [0.25, 0.3) is 0 Å². The monoisotopic (exact) mass is 678 g/mol. The van der Waals surface area contributed by atoms with Crippen LogP contribution >= 0.6 is 8.58 Å². The number of halogens is 3. The zero-order valence-electron chi connectivity index (χ0n) is 27.5. The van der Waals surface area contributed by atoms with Gasteiger partial charge in [-0.3, -0.25) is 0 Å². The van der Waals surface area contributed by atoms with Crippen LogP contribution in [0.2, 0.25) is 0 Å². The van der Waals surface area contributed by atoms with Crippen molar-refractivity contribution in [3.05, 3.63) is 151 Å². The molecular formula is C39H41F3O3S2. The van der Waals surface area contributed by atoms with Crippen LogP contribution in [0.1, 0.15) is 52.7 Å². The summed E-state index contributed by atoms with van der Waals surface area (Å²) in [6.45, 7) is 12.2. The van der Waals surface area contributed by atoms with E-state index in [2.05, 4.69) is 0 Å².